The van der Waals surface area contributed by atoms with Gasteiger partial charge in [-0.15, -0.1) is 0 Å². The molecule has 0 radical (unpaired) electrons. The predicted octanol–water partition coefficient (Wildman–Crippen LogP) is 3.51. The number of methoxy groups -OCH3 is 2. The van der Waals surface area contributed by atoms with Crippen molar-refractivity contribution in [2.75, 3.05) is 14.2 Å². The van der Waals surface area contributed by atoms with E-state index in [9.17, 15) is 5.11 Å². The van der Waals surface area contributed by atoms with E-state index >= 15 is 0 Å². The van der Waals surface area contributed by atoms with E-state index in [1.807, 2.05) is 36.4 Å². The van der Waals surface area contributed by atoms with Gasteiger partial charge < -0.3 is 14.6 Å². The topological polar surface area (TPSA) is 38.7 Å². The molecule has 0 saturated heterocycles. The van der Waals surface area contributed by atoms with Gasteiger partial charge in [-0.05, 0) is 12.1 Å². The highest BCUT2D eigenvalue weighted by Crippen LogP contribution is 2.28. The van der Waals surface area contributed by atoms with Crippen molar-refractivity contribution in [1.29, 1.82) is 0 Å². The van der Waals surface area contributed by atoms with Crippen LogP contribution in [0.25, 0.3) is 11.5 Å². The molecule has 0 atom stereocenters. The number of aromatic hydroxyl groups is 1. The van der Waals surface area contributed by atoms with Crippen molar-refractivity contribution in [2.24, 2.45) is 0 Å². The molecule has 0 aliphatic heterocycles. The summed E-state index contributed by atoms with van der Waals surface area (Å²) in [6, 6.07) is 16.6. The molecule has 3 heteroatoms. The molecule has 0 bridgehead atoms. The highest BCUT2D eigenvalue weighted by molar-refractivity contribution is 5.84. The Morgan fingerprint density at radius 1 is 0.789 bits per heavy atom. The minimum atomic E-state index is 0.190. The first kappa shape index (κ1) is 13.0. The summed E-state index contributed by atoms with van der Waals surface area (Å²) in [6.07, 6.45) is 0. The second-order valence-corrected chi connectivity index (χ2v) is 3.98. The second kappa shape index (κ2) is 5.96. The SMILES string of the molecule is CO/C(=C(\OC)c1cccc(O)c1)c1ccccc1. The van der Waals surface area contributed by atoms with Crippen LogP contribution in [-0.2, 0) is 9.47 Å². The average Bonchev–Trinajstić information content (AvgIpc) is 2.45. The quantitative estimate of drug-likeness (QED) is 0.672. The van der Waals surface area contributed by atoms with Gasteiger partial charge in [0.2, 0.25) is 0 Å². The lowest BCUT2D eigenvalue weighted by atomic mass is 10.1. The van der Waals surface area contributed by atoms with E-state index in [2.05, 4.69) is 0 Å². The Morgan fingerprint density at radius 3 is 1.95 bits per heavy atom. The van der Waals surface area contributed by atoms with Crippen molar-refractivity contribution >= 4 is 11.5 Å². The van der Waals surface area contributed by atoms with E-state index in [0.29, 0.717) is 11.5 Å². The van der Waals surface area contributed by atoms with Crippen LogP contribution in [0.4, 0.5) is 0 Å². The number of benzene rings is 2. The fourth-order valence-electron chi connectivity index (χ4n) is 1.92. The first-order valence-electron chi connectivity index (χ1n) is 5.93. The van der Waals surface area contributed by atoms with Gasteiger partial charge in [0.25, 0.3) is 0 Å². The summed E-state index contributed by atoms with van der Waals surface area (Å²) in [5, 5.41) is 9.56. The maximum atomic E-state index is 9.56. The van der Waals surface area contributed by atoms with Gasteiger partial charge in [-0.25, -0.2) is 0 Å². The number of hydrogen-bond donors (Lipinski definition) is 1. The van der Waals surface area contributed by atoms with Crippen molar-refractivity contribution in [2.45, 2.75) is 0 Å². The molecule has 0 spiro atoms. The fraction of sp³-hybridized carbons (Fsp3) is 0.125. The third-order valence-electron chi connectivity index (χ3n) is 2.76. The van der Waals surface area contributed by atoms with Crippen molar-refractivity contribution in [3.05, 3.63) is 65.7 Å². The maximum absolute atomic E-state index is 9.56. The van der Waals surface area contributed by atoms with Gasteiger partial charge >= 0.3 is 0 Å². The molecule has 19 heavy (non-hydrogen) atoms. The van der Waals surface area contributed by atoms with E-state index in [1.54, 1.807) is 32.4 Å². The van der Waals surface area contributed by atoms with Crippen LogP contribution in [0, 0.1) is 0 Å². The lowest BCUT2D eigenvalue weighted by Gasteiger charge is -2.14. The molecule has 0 unspecified atom stereocenters. The van der Waals surface area contributed by atoms with Gasteiger partial charge in [0, 0.05) is 11.1 Å². The van der Waals surface area contributed by atoms with E-state index in [1.165, 1.54) is 0 Å². The molecule has 2 rings (SSSR count). The molecule has 0 saturated carbocycles. The first-order chi connectivity index (χ1) is 9.26. The molecule has 2 aromatic carbocycles. The van der Waals surface area contributed by atoms with Crippen LogP contribution in [0.3, 0.4) is 0 Å². The highest BCUT2D eigenvalue weighted by Gasteiger charge is 2.13. The monoisotopic (exact) mass is 256 g/mol. The van der Waals surface area contributed by atoms with Crippen LogP contribution in [0.5, 0.6) is 5.75 Å². The minimum Gasteiger partial charge on any atom is -0.508 e. The van der Waals surface area contributed by atoms with Crippen molar-refractivity contribution < 1.29 is 14.6 Å². The number of ether oxygens (including phenoxy) is 2. The summed E-state index contributed by atoms with van der Waals surface area (Å²) in [5.41, 5.74) is 1.69. The molecule has 0 heterocycles. The van der Waals surface area contributed by atoms with Gasteiger partial charge in [0.1, 0.15) is 5.75 Å². The molecule has 1 N–H and O–H groups in total. The van der Waals surface area contributed by atoms with Crippen LogP contribution in [0.2, 0.25) is 0 Å². The van der Waals surface area contributed by atoms with Crippen LogP contribution < -0.4 is 0 Å². The molecular formula is C16H16O3. The van der Waals surface area contributed by atoms with Gasteiger partial charge in [-0.2, -0.15) is 0 Å². The van der Waals surface area contributed by atoms with Crippen LogP contribution >= 0.6 is 0 Å². The first-order valence-corrected chi connectivity index (χ1v) is 5.93. The zero-order valence-electron chi connectivity index (χ0n) is 11.0. The van der Waals surface area contributed by atoms with Crippen molar-refractivity contribution in [1.82, 2.24) is 0 Å². The van der Waals surface area contributed by atoms with Crippen molar-refractivity contribution in [3.63, 3.8) is 0 Å². The van der Waals surface area contributed by atoms with E-state index < -0.39 is 0 Å². The molecule has 98 valence electrons. The van der Waals surface area contributed by atoms with Gasteiger partial charge in [0.15, 0.2) is 11.5 Å². The summed E-state index contributed by atoms with van der Waals surface area (Å²) in [6.45, 7) is 0. The van der Waals surface area contributed by atoms with E-state index in [4.69, 9.17) is 9.47 Å². The molecule has 0 fully saturated rings. The van der Waals surface area contributed by atoms with Gasteiger partial charge in [-0.1, -0.05) is 42.5 Å². The zero-order valence-corrected chi connectivity index (χ0v) is 11.0. The third kappa shape index (κ3) is 2.88. The fourth-order valence-corrected chi connectivity index (χ4v) is 1.92. The van der Waals surface area contributed by atoms with Gasteiger partial charge in [0.05, 0.1) is 14.2 Å². The zero-order chi connectivity index (χ0) is 13.7. The third-order valence-corrected chi connectivity index (χ3v) is 2.76. The lowest BCUT2D eigenvalue weighted by Crippen LogP contribution is -1.96. The van der Waals surface area contributed by atoms with Crippen LogP contribution in [-0.4, -0.2) is 19.3 Å². The highest BCUT2D eigenvalue weighted by atomic mass is 16.5. The maximum Gasteiger partial charge on any atom is 0.168 e. The summed E-state index contributed by atoms with van der Waals surface area (Å²) >= 11 is 0. The Hall–Kier alpha value is -2.42. The number of phenols is 1. The Morgan fingerprint density at radius 2 is 1.37 bits per heavy atom. The molecule has 2 aromatic rings. The standard InChI is InChI=1S/C16H16O3/c1-18-15(12-7-4-3-5-8-12)16(19-2)13-9-6-10-14(17)11-13/h3-11,17H,1-2H3/b16-15-. The second-order valence-electron chi connectivity index (χ2n) is 3.98. The summed E-state index contributed by atoms with van der Waals surface area (Å²) < 4.78 is 10.9. The number of hydrogen-bond acceptors (Lipinski definition) is 3. The Kier molecular flexibility index (Phi) is 4.08. The lowest BCUT2D eigenvalue weighted by molar-refractivity contribution is 0.328. The Bertz CT molecular complexity index is 574. The Balaban J connectivity index is 2.56. The smallest absolute Gasteiger partial charge is 0.168 e. The average molecular weight is 256 g/mol. The predicted molar refractivity (Wildman–Crippen MR) is 75.4 cm³/mol. The normalized spacial score (nSPS) is 11.7. The van der Waals surface area contributed by atoms with Gasteiger partial charge in [-0.3, -0.25) is 0 Å². The molecule has 0 amide bonds. The summed E-state index contributed by atoms with van der Waals surface area (Å²) in [7, 11) is 3.19. The van der Waals surface area contributed by atoms with Crippen LogP contribution in [0.15, 0.2) is 54.6 Å². The minimum absolute atomic E-state index is 0.190. The van der Waals surface area contributed by atoms with E-state index in [-0.39, 0.29) is 5.75 Å². The molecule has 0 aliphatic carbocycles. The molecule has 0 aromatic heterocycles. The van der Waals surface area contributed by atoms with Crippen LogP contribution in [0.1, 0.15) is 11.1 Å². The molecule has 3 nitrogen and oxygen atoms in total. The summed E-state index contributed by atoms with van der Waals surface area (Å²) in [4.78, 5) is 0. The molecular weight excluding hydrogens is 240 g/mol. The van der Waals surface area contributed by atoms with E-state index in [0.717, 1.165) is 11.1 Å². The summed E-state index contributed by atoms with van der Waals surface area (Å²) in [5.74, 6) is 1.41. The number of phenolic OH excluding ortho intramolecular Hbond substituents is 1. The largest absolute Gasteiger partial charge is 0.508 e. The number of rotatable bonds is 4. The Labute approximate surface area is 112 Å². The van der Waals surface area contributed by atoms with Crippen molar-refractivity contribution in [3.8, 4) is 5.75 Å². The molecule has 0 aliphatic rings.